The molecule has 0 aromatic heterocycles. The Kier molecular flexibility index (Phi) is 8.04. The molecule has 0 bridgehead atoms. The summed E-state index contributed by atoms with van der Waals surface area (Å²) in [5.74, 6) is -0.552. The molecule has 0 saturated heterocycles. The fourth-order valence-electron chi connectivity index (χ4n) is 3.28. The van der Waals surface area contributed by atoms with E-state index in [0.29, 0.717) is 24.1 Å². The van der Waals surface area contributed by atoms with Crippen LogP contribution in [0.5, 0.6) is 0 Å². The van der Waals surface area contributed by atoms with Gasteiger partial charge in [-0.15, -0.1) is 0 Å². The smallest absolute Gasteiger partial charge is 0.410 e. The number of hydrogen-bond acceptors (Lipinski definition) is 7. The fourth-order valence-corrected chi connectivity index (χ4v) is 4.97. The molecule has 1 aliphatic heterocycles. The van der Waals surface area contributed by atoms with Gasteiger partial charge in [-0.2, -0.15) is 0 Å². The van der Waals surface area contributed by atoms with Crippen molar-refractivity contribution < 1.29 is 32.7 Å². The number of benzene rings is 1. The van der Waals surface area contributed by atoms with Crippen molar-refractivity contribution in [3.63, 3.8) is 0 Å². The van der Waals surface area contributed by atoms with Gasteiger partial charge in [0.05, 0.1) is 33.1 Å². The Morgan fingerprint density at radius 1 is 1.14 bits per heavy atom. The number of amides is 1. The average Bonchev–Trinajstić information content (AvgIpc) is 2.66. The molecule has 1 aromatic rings. The third kappa shape index (κ3) is 5.13. The van der Waals surface area contributed by atoms with Crippen LogP contribution in [0.3, 0.4) is 0 Å². The lowest BCUT2D eigenvalue weighted by molar-refractivity contribution is -0.147. The van der Waals surface area contributed by atoms with E-state index in [9.17, 15) is 14.2 Å². The first kappa shape index (κ1) is 22.4. The fraction of sp³-hybridized carbons (Fsp3) is 0.579. The van der Waals surface area contributed by atoms with Gasteiger partial charge >= 0.3 is 19.7 Å². The van der Waals surface area contributed by atoms with E-state index in [4.69, 9.17) is 18.5 Å². The number of esters is 1. The Morgan fingerprint density at radius 3 is 2.39 bits per heavy atom. The molecule has 0 fully saturated rings. The molecule has 0 saturated carbocycles. The highest BCUT2D eigenvalue weighted by Crippen LogP contribution is 2.51. The van der Waals surface area contributed by atoms with Gasteiger partial charge in [-0.1, -0.05) is 18.2 Å². The number of methoxy groups -OCH3 is 1. The van der Waals surface area contributed by atoms with E-state index in [1.807, 2.05) is 12.1 Å². The van der Waals surface area contributed by atoms with Gasteiger partial charge in [0.2, 0.25) is 0 Å². The predicted octanol–water partition coefficient (Wildman–Crippen LogP) is 3.68. The van der Waals surface area contributed by atoms with Crippen LogP contribution in [-0.2, 0) is 40.5 Å². The summed E-state index contributed by atoms with van der Waals surface area (Å²) in [5, 5.41) is 0. The van der Waals surface area contributed by atoms with Crippen LogP contribution in [0.4, 0.5) is 4.79 Å². The summed E-state index contributed by atoms with van der Waals surface area (Å²) >= 11 is 0. The topological polar surface area (TPSA) is 91.4 Å². The van der Waals surface area contributed by atoms with Gasteiger partial charge in [0.15, 0.2) is 6.04 Å². The van der Waals surface area contributed by atoms with E-state index >= 15 is 0 Å². The Morgan fingerprint density at radius 2 is 1.82 bits per heavy atom. The summed E-state index contributed by atoms with van der Waals surface area (Å²) in [7, 11) is -2.01. The number of rotatable bonds is 8. The molecule has 0 N–H and O–H groups in total. The summed E-state index contributed by atoms with van der Waals surface area (Å²) in [4.78, 5) is 26.2. The number of hydrogen-bond donors (Lipinski definition) is 0. The van der Waals surface area contributed by atoms with Crippen LogP contribution < -0.4 is 0 Å². The first-order valence-electron chi connectivity index (χ1n) is 9.40. The number of carbonyl (C=O) groups is 2. The van der Waals surface area contributed by atoms with E-state index in [1.54, 1.807) is 26.8 Å². The minimum atomic E-state index is -3.29. The van der Waals surface area contributed by atoms with Gasteiger partial charge in [-0.25, -0.2) is 9.59 Å². The molecular formula is C19H28NO7P. The standard InChI is InChI=1S/C19H28NO7P/c1-5-25-19(22)20-11-10-15-9-8-14(12-16(15)17(20)18(21)24-4)13-28(23,26-6-2)27-7-3/h8-9,12,17H,5-7,10-11,13H2,1-4H3. The van der Waals surface area contributed by atoms with Gasteiger partial charge in [0.25, 0.3) is 0 Å². The second-order valence-corrected chi connectivity index (χ2v) is 8.26. The molecular weight excluding hydrogens is 385 g/mol. The molecule has 1 atom stereocenters. The highest BCUT2D eigenvalue weighted by atomic mass is 31.2. The van der Waals surface area contributed by atoms with Gasteiger partial charge in [-0.05, 0) is 43.9 Å². The maximum Gasteiger partial charge on any atom is 0.410 e. The molecule has 156 valence electrons. The van der Waals surface area contributed by atoms with Gasteiger partial charge in [0.1, 0.15) is 0 Å². The summed E-state index contributed by atoms with van der Waals surface area (Å²) in [5.41, 5.74) is 2.27. The lowest BCUT2D eigenvalue weighted by atomic mass is 9.91. The van der Waals surface area contributed by atoms with Crippen LogP contribution in [0.25, 0.3) is 0 Å². The first-order valence-corrected chi connectivity index (χ1v) is 11.1. The number of nitrogens with zero attached hydrogens (tertiary/aromatic N) is 1. The molecule has 2 rings (SSSR count). The number of fused-ring (bicyclic) bond motifs is 1. The Labute approximate surface area is 165 Å². The highest BCUT2D eigenvalue weighted by molar-refractivity contribution is 7.53. The minimum absolute atomic E-state index is 0.0786. The summed E-state index contributed by atoms with van der Waals surface area (Å²) < 4.78 is 33.6. The van der Waals surface area contributed by atoms with Crippen LogP contribution in [0.1, 0.15) is 43.5 Å². The van der Waals surface area contributed by atoms with Crippen molar-refractivity contribution in [1.29, 1.82) is 0 Å². The summed E-state index contributed by atoms with van der Waals surface area (Å²) in [6.07, 6.45) is 0.0921. The third-order valence-electron chi connectivity index (χ3n) is 4.39. The van der Waals surface area contributed by atoms with Crippen molar-refractivity contribution in [1.82, 2.24) is 4.90 Å². The molecule has 1 aliphatic rings. The summed E-state index contributed by atoms with van der Waals surface area (Å²) in [6, 6.07) is 4.59. The van der Waals surface area contributed by atoms with Crippen LogP contribution in [0.2, 0.25) is 0 Å². The maximum atomic E-state index is 12.9. The SMILES string of the molecule is CCOC(=O)N1CCc2ccc(CP(=O)(OCC)OCC)cc2C1C(=O)OC. The van der Waals surface area contributed by atoms with Crippen molar-refractivity contribution in [2.45, 2.75) is 39.4 Å². The molecule has 0 spiro atoms. The van der Waals surface area contributed by atoms with E-state index in [1.165, 1.54) is 12.0 Å². The summed E-state index contributed by atoms with van der Waals surface area (Å²) in [6.45, 7) is 6.31. The molecule has 1 heterocycles. The third-order valence-corrected chi connectivity index (χ3v) is 6.45. The van der Waals surface area contributed by atoms with Crippen molar-refractivity contribution >= 4 is 19.7 Å². The normalized spacial score (nSPS) is 16.4. The average molecular weight is 413 g/mol. The van der Waals surface area contributed by atoms with E-state index in [2.05, 4.69) is 0 Å². The molecule has 0 radical (unpaired) electrons. The Bertz CT molecular complexity index is 742. The molecule has 0 aliphatic carbocycles. The van der Waals surface area contributed by atoms with Gasteiger partial charge in [-0.3, -0.25) is 9.46 Å². The quantitative estimate of drug-likeness (QED) is 0.474. The second-order valence-electron chi connectivity index (χ2n) is 6.21. The van der Waals surface area contributed by atoms with E-state index in [0.717, 1.165) is 5.56 Å². The zero-order valence-corrected chi connectivity index (χ0v) is 17.7. The predicted molar refractivity (Wildman–Crippen MR) is 103 cm³/mol. The number of carbonyl (C=O) groups excluding carboxylic acids is 2. The lowest BCUT2D eigenvalue weighted by Gasteiger charge is -2.35. The van der Waals surface area contributed by atoms with Crippen molar-refractivity contribution in [3.05, 3.63) is 34.9 Å². The van der Waals surface area contributed by atoms with Crippen LogP contribution in [0.15, 0.2) is 18.2 Å². The van der Waals surface area contributed by atoms with E-state index in [-0.39, 0.29) is 26.0 Å². The van der Waals surface area contributed by atoms with Crippen LogP contribution in [0, 0.1) is 0 Å². The van der Waals surface area contributed by atoms with Crippen molar-refractivity contribution in [3.8, 4) is 0 Å². The van der Waals surface area contributed by atoms with Gasteiger partial charge in [0, 0.05) is 6.54 Å². The molecule has 9 heteroatoms. The lowest BCUT2D eigenvalue weighted by Crippen LogP contribution is -2.44. The largest absolute Gasteiger partial charge is 0.467 e. The molecule has 1 unspecified atom stereocenters. The zero-order valence-electron chi connectivity index (χ0n) is 16.8. The van der Waals surface area contributed by atoms with Crippen molar-refractivity contribution in [2.75, 3.05) is 33.5 Å². The first-order chi connectivity index (χ1) is 13.4. The zero-order chi connectivity index (χ0) is 20.7. The minimum Gasteiger partial charge on any atom is -0.467 e. The molecule has 1 amide bonds. The Balaban J connectivity index is 2.40. The monoisotopic (exact) mass is 413 g/mol. The van der Waals surface area contributed by atoms with Crippen molar-refractivity contribution in [2.24, 2.45) is 0 Å². The number of ether oxygens (including phenoxy) is 2. The molecule has 1 aromatic carbocycles. The molecule has 8 nitrogen and oxygen atoms in total. The highest BCUT2D eigenvalue weighted by Gasteiger charge is 2.38. The van der Waals surface area contributed by atoms with Crippen LogP contribution >= 0.6 is 7.60 Å². The Hall–Kier alpha value is -1.89. The van der Waals surface area contributed by atoms with Gasteiger partial charge < -0.3 is 18.5 Å². The second kappa shape index (κ2) is 10.0. The van der Waals surface area contributed by atoms with E-state index < -0.39 is 25.7 Å². The maximum absolute atomic E-state index is 12.9. The molecule has 28 heavy (non-hydrogen) atoms. The van der Waals surface area contributed by atoms with Crippen LogP contribution in [-0.4, -0.2) is 50.4 Å².